The van der Waals surface area contributed by atoms with Crippen molar-refractivity contribution < 1.29 is 37.3 Å². The minimum absolute atomic E-state index is 0. The molecule has 0 bridgehead atoms. The summed E-state index contributed by atoms with van der Waals surface area (Å²) in [6.45, 7) is 15.4. The van der Waals surface area contributed by atoms with Crippen LogP contribution in [0.4, 0.5) is 0 Å². The van der Waals surface area contributed by atoms with Crippen LogP contribution in [0, 0.1) is 0 Å². The van der Waals surface area contributed by atoms with Crippen LogP contribution in [0.1, 0.15) is 86.0 Å². The lowest BCUT2D eigenvalue weighted by molar-refractivity contribution is -0.934. The largest absolute Gasteiger partial charge is 1.00 e. The lowest BCUT2D eigenvalue weighted by Crippen LogP contribution is -3.00. The van der Waals surface area contributed by atoms with Crippen LogP contribution in [-0.4, -0.2) is 53.2 Å². The predicted octanol–water partition coefficient (Wildman–Crippen LogP) is 2.28. The minimum atomic E-state index is -1.42. The number of unbranched alkanes of at least 4 members (excludes halogenated alkanes) is 2. The van der Waals surface area contributed by atoms with E-state index in [2.05, 4.69) is 41.7 Å². The standard InChI is InChI=1S/C20H46NO2Si.HI/c1-7-12-17-21(6,18-13-8-2)20(15-9-3)16-14-19-24(22-10-4)23-11-5;/h20,24H,7-19H2,1-6H3;1H/q+1;/p-1. The molecule has 0 aromatic heterocycles. The first kappa shape index (κ1) is 28.0. The molecule has 0 saturated carbocycles. The van der Waals surface area contributed by atoms with E-state index < -0.39 is 9.28 Å². The normalized spacial score (nSPS) is 13.1. The Labute approximate surface area is 177 Å². The van der Waals surface area contributed by atoms with Gasteiger partial charge in [-0.25, -0.2) is 0 Å². The van der Waals surface area contributed by atoms with Gasteiger partial charge in [-0.3, -0.25) is 0 Å². The second-order valence-electron chi connectivity index (χ2n) is 7.35. The lowest BCUT2D eigenvalue weighted by Gasteiger charge is -2.42. The fraction of sp³-hybridized carbons (Fsp3) is 1.00. The van der Waals surface area contributed by atoms with Crippen molar-refractivity contribution in [2.45, 2.75) is 98.1 Å². The highest BCUT2D eigenvalue weighted by Crippen LogP contribution is 2.24. The molecule has 3 nitrogen and oxygen atoms in total. The number of hydrogen-bond acceptors (Lipinski definition) is 2. The van der Waals surface area contributed by atoms with Crippen molar-refractivity contribution in [2.75, 3.05) is 33.4 Å². The van der Waals surface area contributed by atoms with Gasteiger partial charge >= 0.3 is 9.28 Å². The molecule has 0 aromatic carbocycles. The molecule has 1 unspecified atom stereocenters. The maximum Gasteiger partial charge on any atom is 0.321 e. The maximum absolute atomic E-state index is 5.85. The number of rotatable bonds is 17. The topological polar surface area (TPSA) is 18.5 Å². The monoisotopic (exact) mass is 487 g/mol. The summed E-state index contributed by atoms with van der Waals surface area (Å²) in [6, 6.07) is 1.98. The first-order chi connectivity index (χ1) is 11.6. The van der Waals surface area contributed by atoms with Crippen molar-refractivity contribution in [1.29, 1.82) is 0 Å². The van der Waals surface area contributed by atoms with Crippen LogP contribution in [0.5, 0.6) is 0 Å². The number of nitrogens with zero attached hydrogens (tertiary/aromatic N) is 1. The number of hydrogen-bond donors (Lipinski definition) is 0. The molecule has 25 heavy (non-hydrogen) atoms. The average molecular weight is 488 g/mol. The van der Waals surface area contributed by atoms with E-state index in [0.717, 1.165) is 19.3 Å². The van der Waals surface area contributed by atoms with Gasteiger partial charge in [0.05, 0.1) is 26.2 Å². The number of quaternary nitrogens is 1. The van der Waals surface area contributed by atoms with Gasteiger partial charge in [-0.15, -0.1) is 0 Å². The average Bonchev–Trinajstić information content (AvgIpc) is 2.57. The third-order valence-corrected chi connectivity index (χ3v) is 7.52. The Bertz CT molecular complexity index is 268. The molecule has 0 radical (unpaired) electrons. The molecule has 0 amide bonds. The van der Waals surface area contributed by atoms with E-state index in [0.29, 0.717) is 0 Å². The van der Waals surface area contributed by atoms with Crippen molar-refractivity contribution in [3.05, 3.63) is 0 Å². The summed E-state index contributed by atoms with van der Waals surface area (Å²) < 4.78 is 13.0. The maximum atomic E-state index is 5.85. The van der Waals surface area contributed by atoms with Crippen LogP contribution < -0.4 is 24.0 Å². The molecule has 0 heterocycles. The fourth-order valence-corrected chi connectivity index (χ4v) is 5.47. The Kier molecular flexibility index (Phi) is 20.4. The van der Waals surface area contributed by atoms with Crippen molar-refractivity contribution in [3.8, 4) is 0 Å². The fourth-order valence-electron chi connectivity index (χ4n) is 3.72. The van der Waals surface area contributed by atoms with Crippen LogP contribution in [0.15, 0.2) is 0 Å². The van der Waals surface area contributed by atoms with Gasteiger partial charge in [-0.2, -0.15) is 0 Å². The summed E-state index contributed by atoms with van der Waals surface area (Å²) in [5.41, 5.74) is 0. The summed E-state index contributed by atoms with van der Waals surface area (Å²) in [5.74, 6) is 0. The van der Waals surface area contributed by atoms with Crippen molar-refractivity contribution in [2.24, 2.45) is 0 Å². The Balaban J connectivity index is 0. The van der Waals surface area contributed by atoms with Crippen LogP contribution in [-0.2, 0) is 8.85 Å². The molecule has 0 spiro atoms. The van der Waals surface area contributed by atoms with Gasteiger partial charge in [-0.1, -0.05) is 40.0 Å². The second-order valence-corrected chi connectivity index (χ2v) is 9.45. The molecule has 0 N–H and O–H groups in total. The quantitative estimate of drug-likeness (QED) is 0.178. The van der Waals surface area contributed by atoms with Gasteiger partial charge in [0.15, 0.2) is 0 Å². The summed E-state index contributed by atoms with van der Waals surface area (Å²) in [6.07, 6.45) is 10.6. The summed E-state index contributed by atoms with van der Waals surface area (Å²) in [7, 11) is 1.10. The summed E-state index contributed by atoms with van der Waals surface area (Å²) in [4.78, 5) is 0. The first-order valence-electron chi connectivity index (χ1n) is 10.6. The Morgan fingerprint density at radius 2 is 1.28 bits per heavy atom. The van der Waals surface area contributed by atoms with Gasteiger partial charge < -0.3 is 37.3 Å². The smallest absolute Gasteiger partial charge is 0.321 e. The zero-order chi connectivity index (χ0) is 18.3. The van der Waals surface area contributed by atoms with E-state index in [9.17, 15) is 0 Å². The van der Waals surface area contributed by atoms with Crippen LogP contribution in [0.25, 0.3) is 0 Å². The highest BCUT2D eigenvalue weighted by Gasteiger charge is 2.31. The third-order valence-electron chi connectivity index (χ3n) is 5.23. The molecule has 0 aromatic rings. The lowest BCUT2D eigenvalue weighted by atomic mass is 10.0. The predicted molar refractivity (Wildman–Crippen MR) is 109 cm³/mol. The van der Waals surface area contributed by atoms with Crippen molar-refractivity contribution >= 4 is 9.28 Å². The van der Waals surface area contributed by atoms with Gasteiger partial charge in [0, 0.05) is 13.2 Å². The second kappa shape index (κ2) is 18.2. The van der Waals surface area contributed by atoms with Crippen LogP contribution in [0.2, 0.25) is 6.04 Å². The third kappa shape index (κ3) is 12.8. The Morgan fingerprint density at radius 1 is 0.760 bits per heavy atom. The molecule has 0 rings (SSSR count). The van der Waals surface area contributed by atoms with E-state index in [1.165, 1.54) is 75.0 Å². The van der Waals surface area contributed by atoms with E-state index in [1.807, 2.05) is 0 Å². The molecule has 0 fully saturated rings. The van der Waals surface area contributed by atoms with Gasteiger partial charge in [0.1, 0.15) is 0 Å². The highest BCUT2D eigenvalue weighted by molar-refractivity contribution is 6.44. The SMILES string of the molecule is CCCC[N+](C)(CCCC)C(CCC)CCC[SiH](OCC)OCC.[I-]. The van der Waals surface area contributed by atoms with Crippen molar-refractivity contribution in [1.82, 2.24) is 0 Å². The molecule has 0 aliphatic carbocycles. The van der Waals surface area contributed by atoms with Crippen LogP contribution in [0.3, 0.4) is 0 Å². The van der Waals surface area contributed by atoms with E-state index >= 15 is 0 Å². The summed E-state index contributed by atoms with van der Waals surface area (Å²) in [5, 5.41) is 0. The molecular formula is C20H46INO2Si. The van der Waals surface area contributed by atoms with E-state index in [-0.39, 0.29) is 24.0 Å². The molecule has 154 valence electrons. The van der Waals surface area contributed by atoms with Gasteiger partial charge in [0.2, 0.25) is 0 Å². The minimum Gasteiger partial charge on any atom is -1.00 e. The summed E-state index contributed by atoms with van der Waals surface area (Å²) >= 11 is 0. The highest BCUT2D eigenvalue weighted by atomic mass is 127. The molecule has 0 aliphatic rings. The van der Waals surface area contributed by atoms with Gasteiger partial charge in [0.25, 0.3) is 0 Å². The Morgan fingerprint density at radius 3 is 1.68 bits per heavy atom. The molecule has 1 atom stereocenters. The zero-order valence-corrected chi connectivity index (χ0v) is 21.3. The number of halogens is 1. The first-order valence-corrected chi connectivity index (χ1v) is 12.4. The van der Waals surface area contributed by atoms with Crippen molar-refractivity contribution in [3.63, 3.8) is 0 Å². The van der Waals surface area contributed by atoms with E-state index in [4.69, 9.17) is 8.85 Å². The Hall–Kier alpha value is 0.827. The molecule has 0 aliphatic heterocycles. The van der Waals surface area contributed by atoms with Gasteiger partial charge in [-0.05, 0) is 52.0 Å². The molecule has 0 saturated heterocycles. The molecule has 5 heteroatoms. The van der Waals surface area contributed by atoms with E-state index in [1.54, 1.807) is 0 Å². The zero-order valence-electron chi connectivity index (χ0n) is 18.0. The molecular weight excluding hydrogens is 441 g/mol. The van der Waals surface area contributed by atoms with Crippen LogP contribution >= 0.6 is 0 Å².